The Kier molecular flexibility index (Phi) is 8.76. The number of carbonyl (C=O) groups is 2. The lowest BCUT2D eigenvalue weighted by Crippen LogP contribution is -2.42. The molecule has 21 heavy (non-hydrogen) atoms. The van der Waals surface area contributed by atoms with Crippen molar-refractivity contribution in [3.05, 3.63) is 0 Å². The third kappa shape index (κ3) is 6.26. The Bertz CT molecular complexity index is 333. The zero-order chi connectivity index (χ0) is 15.7. The van der Waals surface area contributed by atoms with Crippen molar-refractivity contribution in [3.63, 3.8) is 0 Å². The SMILES string of the molecule is CCN(C(=O)CSCCC(N)C(=O)OC)C1CCCCC1. The maximum Gasteiger partial charge on any atom is 0.322 e. The maximum absolute atomic E-state index is 12.3. The van der Waals surface area contributed by atoms with Gasteiger partial charge in [0.25, 0.3) is 0 Å². The van der Waals surface area contributed by atoms with Gasteiger partial charge < -0.3 is 15.4 Å². The highest BCUT2D eigenvalue weighted by molar-refractivity contribution is 7.99. The number of amides is 1. The molecule has 0 aromatic heterocycles. The molecule has 1 saturated carbocycles. The molecule has 122 valence electrons. The van der Waals surface area contributed by atoms with E-state index < -0.39 is 6.04 Å². The van der Waals surface area contributed by atoms with Gasteiger partial charge in [-0.05, 0) is 31.9 Å². The molecule has 1 aliphatic rings. The standard InChI is InChI=1S/C15H28N2O3S/c1-3-17(12-7-5-4-6-8-12)14(18)11-21-10-9-13(16)15(19)20-2/h12-13H,3-11,16H2,1-2H3. The van der Waals surface area contributed by atoms with Gasteiger partial charge in [0.2, 0.25) is 5.91 Å². The molecule has 0 bridgehead atoms. The summed E-state index contributed by atoms with van der Waals surface area (Å²) in [5, 5.41) is 0. The molecule has 1 atom stereocenters. The molecule has 1 aliphatic carbocycles. The van der Waals surface area contributed by atoms with Crippen molar-refractivity contribution in [2.45, 2.75) is 57.5 Å². The van der Waals surface area contributed by atoms with Crippen LogP contribution in [-0.4, -0.2) is 54.0 Å². The summed E-state index contributed by atoms with van der Waals surface area (Å²) in [5.41, 5.74) is 5.66. The van der Waals surface area contributed by atoms with Crippen molar-refractivity contribution < 1.29 is 14.3 Å². The Labute approximate surface area is 132 Å². The molecule has 0 radical (unpaired) electrons. The molecule has 5 nitrogen and oxygen atoms in total. The largest absolute Gasteiger partial charge is 0.468 e. The molecule has 0 aliphatic heterocycles. The average Bonchev–Trinajstić information content (AvgIpc) is 2.52. The van der Waals surface area contributed by atoms with Crippen molar-refractivity contribution in [2.75, 3.05) is 25.2 Å². The van der Waals surface area contributed by atoms with Crippen LogP contribution in [0.5, 0.6) is 0 Å². The van der Waals surface area contributed by atoms with Gasteiger partial charge in [-0.15, -0.1) is 0 Å². The number of methoxy groups -OCH3 is 1. The van der Waals surface area contributed by atoms with Gasteiger partial charge in [-0.25, -0.2) is 0 Å². The molecular weight excluding hydrogens is 288 g/mol. The van der Waals surface area contributed by atoms with E-state index in [0.717, 1.165) is 19.4 Å². The lowest BCUT2D eigenvalue weighted by Gasteiger charge is -2.33. The second-order valence-electron chi connectivity index (χ2n) is 5.44. The number of esters is 1. The molecule has 1 unspecified atom stereocenters. The van der Waals surface area contributed by atoms with Crippen molar-refractivity contribution in [2.24, 2.45) is 5.73 Å². The van der Waals surface area contributed by atoms with E-state index in [4.69, 9.17) is 5.73 Å². The molecule has 0 saturated heterocycles. The number of rotatable bonds is 8. The maximum atomic E-state index is 12.3. The van der Waals surface area contributed by atoms with Gasteiger partial charge in [-0.1, -0.05) is 19.3 Å². The van der Waals surface area contributed by atoms with Crippen molar-refractivity contribution in [1.82, 2.24) is 4.90 Å². The third-order valence-corrected chi connectivity index (χ3v) is 4.95. The summed E-state index contributed by atoms with van der Waals surface area (Å²) in [6.45, 7) is 2.83. The van der Waals surface area contributed by atoms with Crippen LogP contribution < -0.4 is 5.73 Å². The highest BCUT2D eigenvalue weighted by Gasteiger charge is 2.23. The number of hydrogen-bond acceptors (Lipinski definition) is 5. The van der Waals surface area contributed by atoms with E-state index in [1.165, 1.54) is 26.4 Å². The van der Waals surface area contributed by atoms with Crippen LogP contribution >= 0.6 is 11.8 Å². The molecule has 1 fully saturated rings. The molecule has 6 heteroatoms. The molecular formula is C15H28N2O3S. The number of nitrogens with two attached hydrogens (primary N) is 1. The molecule has 0 aromatic carbocycles. The van der Waals surface area contributed by atoms with Crippen LogP contribution in [-0.2, 0) is 14.3 Å². The van der Waals surface area contributed by atoms with Gasteiger partial charge in [-0.3, -0.25) is 9.59 Å². The van der Waals surface area contributed by atoms with E-state index >= 15 is 0 Å². The van der Waals surface area contributed by atoms with Crippen LogP contribution in [0.25, 0.3) is 0 Å². The van der Waals surface area contributed by atoms with Crippen LogP contribution in [0.3, 0.4) is 0 Å². The zero-order valence-electron chi connectivity index (χ0n) is 13.2. The lowest BCUT2D eigenvalue weighted by atomic mass is 9.94. The summed E-state index contributed by atoms with van der Waals surface area (Å²) in [5.74, 6) is 0.989. The molecule has 0 aromatic rings. The Morgan fingerprint density at radius 1 is 1.33 bits per heavy atom. The number of ether oxygens (including phenoxy) is 1. The van der Waals surface area contributed by atoms with Crippen molar-refractivity contribution >= 4 is 23.6 Å². The molecule has 0 heterocycles. The van der Waals surface area contributed by atoms with Gasteiger partial charge in [0.1, 0.15) is 6.04 Å². The summed E-state index contributed by atoms with van der Waals surface area (Å²) in [7, 11) is 1.34. The number of hydrogen-bond donors (Lipinski definition) is 1. The normalized spacial score (nSPS) is 17.3. The van der Waals surface area contributed by atoms with E-state index in [1.807, 2.05) is 11.8 Å². The second-order valence-corrected chi connectivity index (χ2v) is 6.55. The van der Waals surface area contributed by atoms with Crippen LogP contribution in [0.4, 0.5) is 0 Å². The fraction of sp³-hybridized carbons (Fsp3) is 0.867. The summed E-state index contributed by atoms with van der Waals surface area (Å²) in [6, 6.07) is -0.160. The number of carbonyl (C=O) groups excluding carboxylic acids is 2. The average molecular weight is 316 g/mol. The van der Waals surface area contributed by atoms with Gasteiger partial charge >= 0.3 is 5.97 Å². The first kappa shape index (κ1) is 18.3. The van der Waals surface area contributed by atoms with Crippen molar-refractivity contribution in [1.29, 1.82) is 0 Å². The molecule has 1 amide bonds. The Balaban J connectivity index is 2.26. The van der Waals surface area contributed by atoms with Gasteiger partial charge in [0.05, 0.1) is 12.9 Å². The number of thioether (sulfide) groups is 1. The topological polar surface area (TPSA) is 72.6 Å². The minimum Gasteiger partial charge on any atom is -0.468 e. The van der Waals surface area contributed by atoms with Crippen LogP contribution in [0, 0.1) is 0 Å². The second kappa shape index (κ2) is 10.1. The predicted molar refractivity (Wildman–Crippen MR) is 86.2 cm³/mol. The summed E-state index contributed by atoms with van der Waals surface area (Å²) in [4.78, 5) is 25.5. The lowest BCUT2D eigenvalue weighted by molar-refractivity contribution is -0.142. The molecule has 0 spiro atoms. The van der Waals surface area contributed by atoms with Gasteiger partial charge in [-0.2, -0.15) is 11.8 Å². The summed E-state index contributed by atoms with van der Waals surface area (Å²) in [6.07, 6.45) is 6.57. The van der Waals surface area contributed by atoms with Crippen molar-refractivity contribution in [3.8, 4) is 0 Å². The third-order valence-electron chi connectivity index (χ3n) is 3.98. The predicted octanol–water partition coefficient (Wildman–Crippen LogP) is 1.79. The minimum absolute atomic E-state index is 0.209. The Hall–Kier alpha value is -0.750. The summed E-state index contributed by atoms with van der Waals surface area (Å²) >= 11 is 1.55. The van der Waals surface area contributed by atoms with Gasteiger partial charge in [0, 0.05) is 12.6 Å². The Morgan fingerprint density at radius 2 is 2.00 bits per heavy atom. The monoisotopic (exact) mass is 316 g/mol. The number of nitrogens with zero attached hydrogens (tertiary/aromatic N) is 1. The van der Waals surface area contributed by atoms with Crippen LogP contribution in [0.1, 0.15) is 45.4 Å². The zero-order valence-corrected chi connectivity index (χ0v) is 14.0. The molecule has 1 rings (SSSR count). The quantitative estimate of drug-likeness (QED) is 0.546. The molecule has 2 N–H and O–H groups in total. The highest BCUT2D eigenvalue weighted by atomic mass is 32.2. The van der Waals surface area contributed by atoms with E-state index in [9.17, 15) is 9.59 Å². The van der Waals surface area contributed by atoms with Gasteiger partial charge in [0.15, 0.2) is 0 Å². The first-order chi connectivity index (χ1) is 10.1. The minimum atomic E-state index is -0.585. The first-order valence-corrected chi connectivity index (χ1v) is 8.96. The van der Waals surface area contributed by atoms with E-state index in [2.05, 4.69) is 4.74 Å². The smallest absolute Gasteiger partial charge is 0.322 e. The first-order valence-electron chi connectivity index (χ1n) is 7.80. The van der Waals surface area contributed by atoms with E-state index in [1.54, 1.807) is 11.8 Å². The van der Waals surface area contributed by atoms with E-state index in [0.29, 0.717) is 24.0 Å². The summed E-state index contributed by atoms with van der Waals surface area (Å²) < 4.78 is 4.58. The Morgan fingerprint density at radius 3 is 2.57 bits per heavy atom. The fourth-order valence-corrected chi connectivity index (χ4v) is 3.66. The fourth-order valence-electron chi connectivity index (χ4n) is 2.75. The van der Waals surface area contributed by atoms with E-state index in [-0.39, 0.29) is 11.9 Å². The van der Waals surface area contributed by atoms with Crippen LogP contribution in [0.2, 0.25) is 0 Å². The highest BCUT2D eigenvalue weighted by Crippen LogP contribution is 2.23. The van der Waals surface area contributed by atoms with Crippen LogP contribution in [0.15, 0.2) is 0 Å².